The molecule has 0 N–H and O–H groups in total. The Morgan fingerprint density at radius 3 is 2.42 bits per heavy atom. The third-order valence-electron chi connectivity index (χ3n) is 3.91. The largest absolute Gasteiger partial charge is 0.411 e. The van der Waals surface area contributed by atoms with Gasteiger partial charge in [-0.1, -0.05) is 68.4 Å². The lowest BCUT2D eigenvalue weighted by Crippen LogP contribution is -2.10. The zero-order valence-electron chi connectivity index (χ0n) is 14.8. The van der Waals surface area contributed by atoms with E-state index in [1.54, 1.807) is 24.3 Å². The van der Waals surface area contributed by atoms with Crippen LogP contribution in [0.2, 0.25) is 5.02 Å². The van der Waals surface area contributed by atoms with Crippen LogP contribution in [0.1, 0.15) is 36.7 Å². The summed E-state index contributed by atoms with van der Waals surface area (Å²) in [4.78, 5) is 12.3. The number of hydrogen-bond donors (Lipinski definition) is 0. The molecule has 0 fully saturated rings. The summed E-state index contributed by atoms with van der Waals surface area (Å²) in [5.74, 6) is 0.557. The molecule has 3 aromatic rings. The summed E-state index contributed by atoms with van der Waals surface area (Å²) in [5.41, 5.74) is 2.68. The molecule has 0 aliphatic rings. The molecule has 0 spiro atoms. The van der Waals surface area contributed by atoms with E-state index in [-0.39, 0.29) is 17.0 Å². The van der Waals surface area contributed by atoms with Crippen molar-refractivity contribution in [3.8, 4) is 11.5 Å². The van der Waals surface area contributed by atoms with Crippen LogP contribution >= 0.6 is 23.4 Å². The van der Waals surface area contributed by atoms with Gasteiger partial charge >= 0.3 is 0 Å². The first-order valence-corrected chi connectivity index (χ1v) is 9.56. The van der Waals surface area contributed by atoms with E-state index in [1.165, 1.54) is 17.3 Å². The van der Waals surface area contributed by atoms with Crippen molar-refractivity contribution < 1.29 is 9.21 Å². The molecule has 0 bridgehead atoms. The Morgan fingerprint density at radius 1 is 1.08 bits per heavy atom. The van der Waals surface area contributed by atoms with Gasteiger partial charge < -0.3 is 4.42 Å². The molecule has 0 amide bonds. The number of hydrogen-bond acceptors (Lipinski definition) is 5. The zero-order chi connectivity index (χ0) is 18.7. The lowest BCUT2D eigenvalue weighted by atomic mass is 9.87. The molecule has 0 radical (unpaired) electrons. The molecule has 0 aliphatic carbocycles. The van der Waals surface area contributed by atoms with Crippen LogP contribution in [0.3, 0.4) is 0 Å². The summed E-state index contributed by atoms with van der Waals surface area (Å²) < 4.78 is 5.67. The van der Waals surface area contributed by atoms with E-state index >= 15 is 0 Å². The van der Waals surface area contributed by atoms with Crippen LogP contribution in [-0.2, 0) is 5.41 Å². The maximum absolute atomic E-state index is 12.3. The van der Waals surface area contributed by atoms with Crippen LogP contribution in [0.25, 0.3) is 11.5 Å². The lowest BCUT2D eigenvalue weighted by Gasteiger charge is -2.18. The average Bonchev–Trinajstić information content (AvgIpc) is 3.08. The predicted octanol–water partition coefficient (Wildman–Crippen LogP) is 5.66. The van der Waals surface area contributed by atoms with Gasteiger partial charge in [-0.15, -0.1) is 10.2 Å². The molecule has 1 heterocycles. The van der Waals surface area contributed by atoms with Crippen LogP contribution < -0.4 is 0 Å². The van der Waals surface area contributed by atoms with Gasteiger partial charge in [-0.25, -0.2) is 0 Å². The van der Waals surface area contributed by atoms with E-state index < -0.39 is 0 Å². The average molecular weight is 387 g/mol. The van der Waals surface area contributed by atoms with Gasteiger partial charge in [0.2, 0.25) is 5.89 Å². The van der Waals surface area contributed by atoms with Crippen molar-refractivity contribution in [2.45, 2.75) is 31.4 Å². The number of thioether (sulfide) groups is 1. The fraction of sp³-hybridized carbons (Fsp3) is 0.250. The predicted molar refractivity (Wildman–Crippen MR) is 105 cm³/mol. The van der Waals surface area contributed by atoms with Crippen LogP contribution in [0, 0.1) is 0 Å². The van der Waals surface area contributed by atoms with Gasteiger partial charge in [0.25, 0.3) is 5.22 Å². The van der Waals surface area contributed by atoms with E-state index in [0.717, 1.165) is 5.56 Å². The molecule has 134 valence electrons. The second-order valence-corrected chi connectivity index (χ2v) is 8.23. The summed E-state index contributed by atoms with van der Waals surface area (Å²) in [6, 6.07) is 15.1. The highest BCUT2D eigenvalue weighted by atomic mass is 35.5. The van der Waals surface area contributed by atoms with Crippen molar-refractivity contribution in [2.75, 3.05) is 5.75 Å². The molecule has 0 saturated heterocycles. The highest BCUT2D eigenvalue weighted by Gasteiger charge is 2.16. The number of ketones is 1. The van der Waals surface area contributed by atoms with E-state index in [4.69, 9.17) is 16.0 Å². The molecule has 1 aromatic heterocycles. The SMILES string of the molecule is CC(C)(C)c1ccc(-c2nnc(SCC(=O)c3ccccc3Cl)o2)cc1. The highest BCUT2D eigenvalue weighted by molar-refractivity contribution is 7.99. The number of carbonyl (C=O) groups is 1. The Labute approximate surface area is 162 Å². The van der Waals surface area contributed by atoms with Gasteiger partial charge in [-0.2, -0.15) is 0 Å². The topological polar surface area (TPSA) is 56.0 Å². The molecule has 0 saturated carbocycles. The summed E-state index contributed by atoms with van der Waals surface area (Å²) in [6.07, 6.45) is 0. The van der Waals surface area contributed by atoms with Crippen LogP contribution in [0.4, 0.5) is 0 Å². The first kappa shape index (κ1) is 18.7. The second kappa shape index (κ2) is 7.64. The summed E-state index contributed by atoms with van der Waals surface area (Å²) >= 11 is 7.25. The van der Waals surface area contributed by atoms with Crippen LogP contribution in [0.15, 0.2) is 58.2 Å². The summed E-state index contributed by atoms with van der Waals surface area (Å²) in [5, 5.41) is 8.89. The van der Waals surface area contributed by atoms with Crippen molar-refractivity contribution in [2.24, 2.45) is 0 Å². The van der Waals surface area contributed by atoms with Crippen molar-refractivity contribution >= 4 is 29.1 Å². The molecular formula is C20H19ClN2O2S. The molecule has 2 aromatic carbocycles. The Hall–Kier alpha value is -2.11. The van der Waals surface area contributed by atoms with E-state index in [2.05, 4.69) is 43.1 Å². The van der Waals surface area contributed by atoms with Gasteiger partial charge in [0, 0.05) is 11.1 Å². The van der Waals surface area contributed by atoms with Crippen LogP contribution in [-0.4, -0.2) is 21.7 Å². The van der Waals surface area contributed by atoms with Gasteiger partial charge in [0.05, 0.1) is 10.8 Å². The van der Waals surface area contributed by atoms with Gasteiger partial charge in [-0.3, -0.25) is 4.79 Å². The van der Waals surface area contributed by atoms with E-state index in [1.807, 2.05) is 12.1 Å². The molecule has 0 aliphatic heterocycles. The Balaban J connectivity index is 1.67. The number of Topliss-reactive ketones (excluding diaryl/α,β-unsaturated/α-hetero) is 1. The normalized spacial score (nSPS) is 11.5. The minimum Gasteiger partial charge on any atom is -0.411 e. The first-order chi connectivity index (χ1) is 12.3. The molecule has 26 heavy (non-hydrogen) atoms. The van der Waals surface area contributed by atoms with Crippen molar-refractivity contribution in [1.29, 1.82) is 0 Å². The Bertz CT molecular complexity index is 914. The third-order valence-corrected chi connectivity index (χ3v) is 5.05. The number of benzene rings is 2. The maximum Gasteiger partial charge on any atom is 0.277 e. The maximum atomic E-state index is 12.3. The molecule has 0 unspecified atom stereocenters. The van der Waals surface area contributed by atoms with E-state index in [9.17, 15) is 4.79 Å². The molecule has 4 nitrogen and oxygen atoms in total. The number of carbonyl (C=O) groups excluding carboxylic acids is 1. The smallest absolute Gasteiger partial charge is 0.277 e. The number of nitrogens with zero attached hydrogens (tertiary/aromatic N) is 2. The first-order valence-electron chi connectivity index (χ1n) is 8.19. The number of aromatic nitrogens is 2. The van der Waals surface area contributed by atoms with Crippen LogP contribution in [0.5, 0.6) is 0 Å². The minimum atomic E-state index is -0.0742. The third kappa shape index (κ3) is 4.34. The van der Waals surface area contributed by atoms with Gasteiger partial charge in [0.1, 0.15) is 0 Å². The molecule has 0 atom stereocenters. The monoisotopic (exact) mass is 386 g/mol. The second-order valence-electron chi connectivity index (χ2n) is 6.89. The fourth-order valence-electron chi connectivity index (χ4n) is 2.39. The van der Waals surface area contributed by atoms with Crippen molar-refractivity contribution in [3.63, 3.8) is 0 Å². The summed E-state index contributed by atoms with van der Waals surface area (Å²) in [7, 11) is 0. The highest BCUT2D eigenvalue weighted by Crippen LogP contribution is 2.28. The van der Waals surface area contributed by atoms with Crippen molar-refractivity contribution in [3.05, 3.63) is 64.7 Å². The molecule has 6 heteroatoms. The van der Waals surface area contributed by atoms with E-state index in [0.29, 0.717) is 21.7 Å². The van der Waals surface area contributed by atoms with Gasteiger partial charge in [0.15, 0.2) is 5.78 Å². The standard InChI is InChI=1S/C20H19ClN2O2S/c1-20(2,3)14-10-8-13(9-11-14)18-22-23-19(25-18)26-12-17(24)15-6-4-5-7-16(15)21/h4-11H,12H2,1-3H3. The minimum absolute atomic E-state index is 0.0742. The summed E-state index contributed by atoms with van der Waals surface area (Å²) in [6.45, 7) is 6.50. The lowest BCUT2D eigenvalue weighted by molar-refractivity contribution is 0.102. The molecular weight excluding hydrogens is 368 g/mol. The molecule has 3 rings (SSSR count). The quantitative estimate of drug-likeness (QED) is 0.418. The number of rotatable bonds is 5. The fourth-order valence-corrected chi connectivity index (χ4v) is 3.28. The van der Waals surface area contributed by atoms with Crippen molar-refractivity contribution in [1.82, 2.24) is 10.2 Å². The Morgan fingerprint density at radius 2 is 1.77 bits per heavy atom. The number of halogens is 1. The zero-order valence-corrected chi connectivity index (χ0v) is 16.4. The Kier molecular flexibility index (Phi) is 5.49. The van der Waals surface area contributed by atoms with Gasteiger partial charge in [-0.05, 0) is 35.2 Å².